The summed E-state index contributed by atoms with van der Waals surface area (Å²) in [5.74, 6) is 0.986. The lowest BCUT2D eigenvalue weighted by Crippen LogP contribution is -2.49. The molecule has 3 rings (SSSR count). The van der Waals surface area contributed by atoms with Gasteiger partial charge in [-0.15, -0.1) is 24.2 Å². The third-order valence-electron chi connectivity index (χ3n) is 4.29. The molecule has 0 radical (unpaired) electrons. The fraction of sp³-hybridized carbons (Fsp3) is 0.350. The number of nitrogens with one attached hydrogen (secondary N) is 1. The highest BCUT2D eigenvalue weighted by Crippen LogP contribution is 2.26. The van der Waals surface area contributed by atoms with Crippen LogP contribution < -0.4 is 10.1 Å². The Hall–Kier alpha value is -1.76. The summed E-state index contributed by atoms with van der Waals surface area (Å²) < 4.78 is 19.0. The van der Waals surface area contributed by atoms with Gasteiger partial charge in [-0.1, -0.05) is 12.1 Å². The van der Waals surface area contributed by atoms with Crippen LogP contribution in [0, 0.1) is 5.82 Å². The van der Waals surface area contributed by atoms with Crippen molar-refractivity contribution in [2.45, 2.75) is 17.9 Å². The van der Waals surface area contributed by atoms with Crippen molar-refractivity contribution in [1.82, 2.24) is 10.2 Å². The monoisotopic (exact) mass is 410 g/mol. The number of ether oxygens (including phenoxy) is 1. The third-order valence-corrected chi connectivity index (χ3v) is 5.29. The van der Waals surface area contributed by atoms with Crippen molar-refractivity contribution in [2.75, 3.05) is 32.0 Å². The SMILES string of the molecule is CCOc1ccc(SCC(=O)N2CCNCC2c2cccc(F)c2)cc1.Cl. The minimum atomic E-state index is -0.274. The molecule has 0 spiro atoms. The molecule has 1 amide bonds. The van der Waals surface area contributed by atoms with Crippen LogP contribution in [-0.4, -0.2) is 42.8 Å². The standard InChI is InChI=1S/C20H23FN2O2S.ClH/c1-2-25-17-6-8-18(9-7-17)26-14-20(24)23-11-10-22-13-19(23)15-4-3-5-16(21)12-15;/h3-9,12,19,22H,2,10-11,13-14H2,1H3;1H. The summed E-state index contributed by atoms with van der Waals surface area (Å²) in [6.07, 6.45) is 0. The summed E-state index contributed by atoms with van der Waals surface area (Å²) in [5, 5.41) is 3.29. The number of carbonyl (C=O) groups excluding carboxylic acids is 1. The molecule has 0 bridgehead atoms. The molecule has 27 heavy (non-hydrogen) atoms. The molecular formula is C20H24ClFN2O2S. The smallest absolute Gasteiger partial charge is 0.233 e. The van der Waals surface area contributed by atoms with Crippen molar-refractivity contribution in [2.24, 2.45) is 0 Å². The van der Waals surface area contributed by atoms with Crippen molar-refractivity contribution in [1.29, 1.82) is 0 Å². The lowest BCUT2D eigenvalue weighted by atomic mass is 10.0. The Labute approximate surface area is 169 Å². The van der Waals surface area contributed by atoms with Crippen LogP contribution in [0.2, 0.25) is 0 Å². The van der Waals surface area contributed by atoms with E-state index >= 15 is 0 Å². The first kappa shape index (κ1) is 21.5. The van der Waals surface area contributed by atoms with Gasteiger partial charge in [0.15, 0.2) is 0 Å². The summed E-state index contributed by atoms with van der Waals surface area (Å²) in [5.41, 5.74) is 0.830. The van der Waals surface area contributed by atoms with Crippen LogP contribution in [-0.2, 0) is 4.79 Å². The lowest BCUT2D eigenvalue weighted by molar-refractivity contribution is -0.131. The largest absolute Gasteiger partial charge is 0.494 e. The van der Waals surface area contributed by atoms with E-state index in [1.165, 1.54) is 23.9 Å². The van der Waals surface area contributed by atoms with E-state index in [1.54, 1.807) is 6.07 Å². The molecule has 146 valence electrons. The van der Waals surface area contributed by atoms with Crippen LogP contribution in [0.4, 0.5) is 4.39 Å². The molecule has 1 saturated heterocycles. The van der Waals surface area contributed by atoms with E-state index in [1.807, 2.05) is 42.2 Å². The highest BCUT2D eigenvalue weighted by molar-refractivity contribution is 8.00. The first-order valence-corrected chi connectivity index (χ1v) is 9.77. The maximum Gasteiger partial charge on any atom is 0.233 e. The Kier molecular flexibility index (Phi) is 8.41. The molecule has 1 atom stereocenters. The Bertz CT molecular complexity index is 745. The zero-order valence-corrected chi connectivity index (χ0v) is 16.8. The molecule has 4 nitrogen and oxygen atoms in total. The fourth-order valence-corrected chi connectivity index (χ4v) is 3.83. The molecular weight excluding hydrogens is 387 g/mol. The van der Waals surface area contributed by atoms with Gasteiger partial charge in [-0.05, 0) is 48.9 Å². The van der Waals surface area contributed by atoms with E-state index in [-0.39, 0.29) is 30.2 Å². The van der Waals surface area contributed by atoms with Gasteiger partial charge in [0.2, 0.25) is 5.91 Å². The van der Waals surface area contributed by atoms with Gasteiger partial charge in [0, 0.05) is 24.5 Å². The van der Waals surface area contributed by atoms with Gasteiger partial charge in [0.1, 0.15) is 11.6 Å². The number of piperazine rings is 1. The van der Waals surface area contributed by atoms with Gasteiger partial charge >= 0.3 is 0 Å². The number of benzene rings is 2. The molecule has 0 aliphatic carbocycles. The highest BCUT2D eigenvalue weighted by Gasteiger charge is 2.27. The second-order valence-corrected chi connectivity index (χ2v) is 7.10. The zero-order valence-electron chi connectivity index (χ0n) is 15.2. The molecule has 2 aromatic carbocycles. The van der Waals surface area contributed by atoms with Crippen LogP contribution in [0.5, 0.6) is 5.75 Å². The van der Waals surface area contributed by atoms with Crippen LogP contribution in [0.15, 0.2) is 53.4 Å². The fourth-order valence-electron chi connectivity index (χ4n) is 3.04. The average molecular weight is 411 g/mol. The topological polar surface area (TPSA) is 41.6 Å². The Morgan fingerprint density at radius 2 is 2.07 bits per heavy atom. The summed E-state index contributed by atoms with van der Waals surface area (Å²) in [6, 6.07) is 14.1. The number of nitrogens with zero attached hydrogens (tertiary/aromatic N) is 1. The normalized spacial score (nSPS) is 16.5. The highest BCUT2D eigenvalue weighted by atomic mass is 35.5. The summed E-state index contributed by atoms with van der Waals surface area (Å²) in [7, 11) is 0. The van der Waals surface area contributed by atoms with E-state index in [2.05, 4.69) is 5.32 Å². The lowest BCUT2D eigenvalue weighted by Gasteiger charge is -2.36. The summed E-state index contributed by atoms with van der Waals surface area (Å²) in [6.45, 7) is 4.61. The van der Waals surface area contributed by atoms with E-state index in [0.717, 1.165) is 22.8 Å². The molecule has 0 aromatic heterocycles. The predicted octanol–water partition coefficient (Wildman–Crippen LogP) is 3.91. The maximum absolute atomic E-state index is 13.6. The summed E-state index contributed by atoms with van der Waals surface area (Å²) >= 11 is 1.51. The summed E-state index contributed by atoms with van der Waals surface area (Å²) in [4.78, 5) is 15.6. The number of amides is 1. The first-order chi connectivity index (χ1) is 12.7. The average Bonchev–Trinajstić information content (AvgIpc) is 2.67. The minimum Gasteiger partial charge on any atom is -0.494 e. The Balaban J connectivity index is 0.00000261. The van der Waals surface area contributed by atoms with Crippen LogP contribution in [0.25, 0.3) is 0 Å². The van der Waals surface area contributed by atoms with Gasteiger partial charge in [-0.25, -0.2) is 4.39 Å². The first-order valence-electron chi connectivity index (χ1n) is 8.78. The molecule has 7 heteroatoms. The number of halogens is 2. The van der Waals surface area contributed by atoms with Crippen LogP contribution in [0.1, 0.15) is 18.5 Å². The van der Waals surface area contributed by atoms with Crippen molar-refractivity contribution in [3.05, 3.63) is 59.9 Å². The molecule has 1 N–H and O–H groups in total. The Morgan fingerprint density at radius 3 is 2.78 bits per heavy atom. The van der Waals surface area contributed by atoms with E-state index in [0.29, 0.717) is 25.4 Å². The van der Waals surface area contributed by atoms with Crippen molar-refractivity contribution < 1.29 is 13.9 Å². The molecule has 1 fully saturated rings. The van der Waals surface area contributed by atoms with Gasteiger partial charge in [-0.2, -0.15) is 0 Å². The molecule has 2 aromatic rings. The maximum atomic E-state index is 13.6. The predicted molar refractivity (Wildman–Crippen MR) is 109 cm³/mol. The van der Waals surface area contributed by atoms with Gasteiger partial charge in [-0.3, -0.25) is 4.79 Å². The number of rotatable bonds is 6. The second-order valence-electron chi connectivity index (χ2n) is 6.06. The van der Waals surface area contributed by atoms with Gasteiger partial charge in [0.05, 0.1) is 18.4 Å². The van der Waals surface area contributed by atoms with Crippen molar-refractivity contribution in [3.8, 4) is 5.75 Å². The molecule has 1 aliphatic heterocycles. The second kappa shape index (κ2) is 10.5. The van der Waals surface area contributed by atoms with Gasteiger partial charge < -0.3 is 15.0 Å². The van der Waals surface area contributed by atoms with Crippen LogP contribution in [0.3, 0.4) is 0 Å². The number of hydrogen-bond donors (Lipinski definition) is 1. The molecule has 1 unspecified atom stereocenters. The zero-order chi connectivity index (χ0) is 18.4. The third kappa shape index (κ3) is 5.86. The quantitative estimate of drug-likeness (QED) is 0.733. The molecule has 1 heterocycles. The van der Waals surface area contributed by atoms with Crippen molar-refractivity contribution in [3.63, 3.8) is 0 Å². The minimum absolute atomic E-state index is 0. The number of carbonyl (C=O) groups is 1. The Morgan fingerprint density at radius 1 is 1.30 bits per heavy atom. The number of hydrogen-bond acceptors (Lipinski definition) is 4. The van der Waals surface area contributed by atoms with E-state index in [4.69, 9.17) is 4.74 Å². The van der Waals surface area contributed by atoms with Gasteiger partial charge in [0.25, 0.3) is 0 Å². The number of thioether (sulfide) groups is 1. The van der Waals surface area contributed by atoms with E-state index < -0.39 is 0 Å². The van der Waals surface area contributed by atoms with Crippen LogP contribution >= 0.6 is 24.2 Å². The molecule has 0 saturated carbocycles. The van der Waals surface area contributed by atoms with Crippen molar-refractivity contribution >= 4 is 30.1 Å². The molecule has 1 aliphatic rings. The van der Waals surface area contributed by atoms with E-state index in [9.17, 15) is 9.18 Å².